The van der Waals surface area contributed by atoms with Gasteiger partial charge in [-0.1, -0.05) is 11.6 Å². The molecule has 0 bridgehead atoms. The van der Waals surface area contributed by atoms with Crippen molar-refractivity contribution in [2.45, 2.75) is 44.2 Å². The first kappa shape index (κ1) is 13.9. The molecule has 2 atom stereocenters. The molecule has 0 radical (unpaired) electrons. The van der Waals surface area contributed by atoms with Gasteiger partial charge in [-0.2, -0.15) is 0 Å². The van der Waals surface area contributed by atoms with Crippen LogP contribution in [0.4, 0.5) is 4.39 Å². The largest absolute Gasteiger partial charge is 0.298 e. The SMILES string of the molecule is Fc1ccc(-c2cn(C3CCCN4CCCCC34)nn2)cc1. The van der Waals surface area contributed by atoms with Crippen LogP contribution in [0.2, 0.25) is 0 Å². The van der Waals surface area contributed by atoms with E-state index in [1.165, 1.54) is 57.3 Å². The first-order chi connectivity index (χ1) is 10.8. The topological polar surface area (TPSA) is 34.0 Å². The summed E-state index contributed by atoms with van der Waals surface area (Å²) >= 11 is 0. The van der Waals surface area contributed by atoms with Gasteiger partial charge in [-0.05, 0) is 63.0 Å². The van der Waals surface area contributed by atoms with Gasteiger partial charge in [0.15, 0.2) is 0 Å². The molecule has 0 aliphatic carbocycles. The molecule has 0 spiro atoms. The summed E-state index contributed by atoms with van der Waals surface area (Å²) in [6, 6.07) is 7.49. The van der Waals surface area contributed by atoms with Crippen LogP contribution in [0.25, 0.3) is 11.3 Å². The second-order valence-corrected chi connectivity index (χ2v) is 6.40. The minimum absolute atomic E-state index is 0.221. The zero-order valence-electron chi connectivity index (χ0n) is 12.7. The molecule has 4 rings (SSSR count). The number of halogens is 1. The molecule has 2 unspecified atom stereocenters. The summed E-state index contributed by atoms with van der Waals surface area (Å²) in [6.07, 6.45) is 8.32. The predicted molar refractivity (Wildman–Crippen MR) is 82.9 cm³/mol. The molecule has 4 nitrogen and oxygen atoms in total. The maximum atomic E-state index is 13.0. The normalized spacial score (nSPS) is 25.9. The predicted octanol–water partition coefficient (Wildman–Crippen LogP) is 3.27. The van der Waals surface area contributed by atoms with Crippen molar-refractivity contribution in [3.05, 3.63) is 36.3 Å². The quantitative estimate of drug-likeness (QED) is 0.853. The Balaban J connectivity index is 1.59. The second kappa shape index (κ2) is 5.80. The molecular weight excluding hydrogens is 279 g/mol. The lowest BCUT2D eigenvalue weighted by Gasteiger charge is -2.44. The van der Waals surface area contributed by atoms with Crippen LogP contribution in [0, 0.1) is 5.82 Å². The van der Waals surface area contributed by atoms with E-state index in [1.54, 1.807) is 12.1 Å². The number of aromatic nitrogens is 3. The van der Waals surface area contributed by atoms with Crippen LogP contribution in [0.5, 0.6) is 0 Å². The summed E-state index contributed by atoms with van der Waals surface area (Å²) in [5, 5.41) is 8.68. The van der Waals surface area contributed by atoms with Gasteiger partial charge >= 0.3 is 0 Å². The fourth-order valence-electron chi connectivity index (χ4n) is 3.93. The van der Waals surface area contributed by atoms with Crippen molar-refractivity contribution < 1.29 is 4.39 Å². The van der Waals surface area contributed by atoms with E-state index >= 15 is 0 Å². The van der Waals surface area contributed by atoms with E-state index in [4.69, 9.17) is 0 Å². The highest BCUT2D eigenvalue weighted by Crippen LogP contribution is 2.34. The first-order valence-corrected chi connectivity index (χ1v) is 8.23. The van der Waals surface area contributed by atoms with Crippen molar-refractivity contribution in [1.82, 2.24) is 19.9 Å². The van der Waals surface area contributed by atoms with Crippen LogP contribution in [-0.4, -0.2) is 39.0 Å². The molecule has 1 aromatic carbocycles. The molecule has 2 aliphatic rings. The fourth-order valence-corrected chi connectivity index (χ4v) is 3.93. The van der Waals surface area contributed by atoms with Crippen LogP contribution in [0.3, 0.4) is 0 Å². The van der Waals surface area contributed by atoms with E-state index < -0.39 is 0 Å². The maximum Gasteiger partial charge on any atom is 0.123 e. The monoisotopic (exact) mass is 300 g/mol. The maximum absolute atomic E-state index is 13.0. The molecule has 0 N–H and O–H groups in total. The van der Waals surface area contributed by atoms with E-state index in [9.17, 15) is 4.39 Å². The Morgan fingerprint density at radius 2 is 1.73 bits per heavy atom. The van der Waals surface area contributed by atoms with Gasteiger partial charge in [0.2, 0.25) is 0 Å². The number of benzene rings is 1. The van der Waals surface area contributed by atoms with E-state index in [2.05, 4.69) is 15.2 Å². The molecule has 5 heteroatoms. The summed E-state index contributed by atoms with van der Waals surface area (Å²) in [5.41, 5.74) is 1.75. The number of hydrogen-bond acceptors (Lipinski definition) is 3. The molecule has 2 aromatic rings. The fraction of sp³-hybridized carbons (Fsp3) is 0.529. The van der Waals surface area contributed by atoms with Gasteiger partial charge in [-0.3, -0.25) is 4.90 Å². The minimum Gasteiger partial charge on any atom is -0.298 e. The molecule has 22 heavy (non-hydrogen) atoms. The van der Waals surface area contributed by atoms with Crippen molar-refractivity contribution in [2.75, 3.05) is 13.1 Å². The molecule has 1 aromatic heterocycles. The van der Waals surface area contributed by atoms with Crippen molar-refractivity contribution in [1.29, 1.82) is 0 Å². The Kier molecular flexibility index (Phi) is 3.66. The van der Waals surface area contributed by atoms with Crippen LogP contribution in [-0.2, 0) is 0 Å². The zero-order valence-corrected chi connectivity index (χ0v) is 12.7. The second-order valence-electron chi connectivity index (χ2n) is 6.40. The molecule has 2 aliphatic heterocycles. The van der Waals surface area contributed by atoms with E-state index in [0.29, 0.717) is 12.1 Å². The van der Waals surface area contributed by atoms with Crippen molar-refractivity contribution in [3.63, 3.8) is 0 Å². The van der Waals surface area contributed by atoms with Crippen molar-refractivity contribution >= 4 is 0 Å². The molecule has 0 amide bonds. The number of piperidine rings is 2. The average Bonchev–Trinajstić information content (AvgIpc) is 3.05. The summed E-state index contributed by atoms with van der Waals surface area (Å²) in [4.78, 5) is 2.62. The van der Waals surface area contributed by atoms with Crippen molar-refractivity contribution in [3.8, 4) is 11.3 Å². The van der Waals surface area contributed by atoms with Gasteiger partial charge in [-0.15, -0.1) is 5.10 Å². The van der Waals surface area contributed by atoms with Gasteiger partial charge in [0.1, 0.15) is 11.5 Å². The van der Waals surface area contributed by atoms with Crippen molar-refractivity contribution in [2.24, 2.45) is 0 Å². The Morgan fingerprint density at radius 1 is 0.955 bits per heavy atom. The lowest BCUT2D eigenvalue weighted by atomic mass is 9.89. The Bertz CT molecular complexity index is 634. The third-order valence-electron chi connectivity index (χ3n) is 5.04. The van der Waals surface area contributed by atoms with Gasteiger partial charge in [0.05, 0.1) is 12.2 Å². The van der Waals surface area contributed by atoms with Crippen LogP contribution in [0.15, 0.2) is 30.5 Å². The van der Waals surface area contributed by atoms with E-state index in [-0.39, 0.29) is 5.82 Å². The molecule has 0 saturated carbocycles. The highest BCUT2D eigenvalue weighted by atomic mass is 19.1. The Morgan fingerprint density at radius 3 is 2.59 bits per heavy atom. The van der Waals surface area contributed by atoms with Crippen LogP contribution < -0.4 is 0 Å². The van der Waals surface area contributed by atoms with Crippen LogP contribution in [0.1, 0.15) is 38.1 Å². The number of fused-ring (bicyclic) bond motifs is 1. The highest BCUT2D eigenvalue weighted by Gasteiger charge is 2.34. The Labute approximate surface area is 129 Å². The average molecular weight is 300 g/mol. The highest BCUT2D eigenvalue weighted by molar-refractivity contribution is 5.57. The summed E-state index contributed by atoms with van der Waals surface area (Å²) in [6.45, 7) is 2.45. The smallest absolute Gasteiger partial charge is 0.123 e. The minimum atomic E-state index is -0.221. The molecular formula is C17H21FN4. The van der Waals surface area contributed by atoms with Gasteiger partial charge in [0.25, 0.3) is 0 Å². The number of hydrogen-bond donors (Lipinski definition) is 0. The summed E-state index contributed by atoms with van der Waals surface area (Å²) in [5.74, 6) is -0.221. The van der Waals surface area contributed by atoms with Crippen LogP contribution >= 0.6 is 0 Å². The standard InChI is InChI=1S/C17H21FN4/c18-14-8-6-13(7-9-14)15-12-22(20-19-15)17-5-3-11-21-10-2-1-4-16(17)21/h6-9,12,16-17H,1-5,10-11H2. The molecule has 2 saturated heterocycles. The first-order valence-electron chi connectivity index (χ1n) is 8.23. The van der Waals surface area contributed by atoms with E-state index in [1.807, 2.05) is 10.9 Å². The summed E-state index contributed by atoms with van der Waals surface area (Å²) < 4.78 is 15.1. The number of rotatable bonds is 2. The summed E-state index contributed by atoms with van der Waals surface area (Å²) in [7, 11) is 0. The number of nitrogens with zero attached hydrogens (tertiary/aromatic N) is 4. The lowest BCUT2D eigenvalue weighted by molar-refractivity contribution is 0.0587. The third-order valence-corrected chi connectivity index (χ3v) is 5.04. The van der Waals surface area contributed by atoms with Gasteiger partial charge in [-0.25, -0.2) is 9.07 Å². The van der Waals surface area contributed by atoms with Gasteiger partial charge in [0, 0.05) is 11.6 Å². The molecule has 2 fully saturated rings. The van der Waals surface area contributed by atoms with E-state index in [0.717, 1.165) is 11.3 Å². The molecule has 3 heterocycles. The molecule has 116 valence electrons. The third kappa shape index (κ3) is 2.54. The van der Waals surface area contributed by atoms with Gasteiger partial charge < -0.3 is 0 Å². The zero-order chi connectivity index (χ0) is 14.9. The lowest BCUT2D eigenvalue weighted by Crippen LogP contribution is -2.48. The Hall–Kier alpha value is -1.75.